The van der Waals surface area contributed by atoms with Crippen molar-refractivity contribution in [2.75, 3.05) is 32.8 Å². The number of nitrogens with one attached hydrogen (secondary N) is 2. The zero-order chi connectivity index (χ0) is 22.2. The van der Waals surface area contributed by atoms with Crippen molar-refractivity contribution in [3.05, 3.63) is 48.3 Å². The fourth-order valence-corrected chi connectivity index (χ4v) is 4.18. The number of rotatable bonds is 7. The van der Waals surface area contributed by atoms with Gasteiger partial charge in [0.25, 0.3) is 0 Å². The van der Waals surface area contributed by atoms with Crippen molar-refractivity contribution >= 4 is 28.3 Å². The van der Waals surface area contributed by atoms with Crippen LogP contribution in [0.3, 0.4) is 0 Å². The molecule has 2 unspecified atom stereocenters. The molecule has 0 spiro atoms. The number of aromatic nitrogens is 2. The Bertz CT molecular complexity index is 1090. The van der Waals surface area contributed by atoms with Crippen LogP contribution in [0, 0.1) is 5.41 Å². The molecule has 0 saturated carbocycles. The van der Waals surface area contributed by atoms with Crippen LogP contribution >= 0.6 is 0 Å². The normalized spacial score (nSPS) is 21.2. The maximum atomic E-state index is 13.8. The summed E-state index contributed by atoms with van der Waals surface area (Å²) in [6.45, 7) is 2.22. The molecule has 2 atom stereocenters. The largest absolute Gasteiger partial charge is 0.497 e. The second-order valence-electron chi connectivity index (χ2n) is 7.74. The van der Waals surface area contributed by atoms with E-state index in [0.29, 0.717) is 36.0 Å². The van der Waals surface area contributed by atoms with Crippen molar-refractivity contribution in [2.45, 2.75) is 24.8 Å². The molecule has 2 aromatic carbocycles. The Labute approximate surface area is 180 Å². The Morgan fingerprint density at radius 2 is 1.81 bits per heavy atom. The molecule has 0 amide bonds. The Morgan fingerprint density at radius 1 is 1.13 bits per heavy atom. The molecule has 3 aromatic rings. The minimum atomic E-state index is -0.992. The lowest BCUT2D eigenvalue weighted by Crippen LogP contribution is -2.48. The minimum absolute atomic E-state index is 0.101. The summed E-state index contributed by atoms with van der Waals surface area (Å²) in [6, 6.07) is 13.0. The molecule has 0 radical (unpaired) electrons. The minimum Gasteiger partial charge on any atom is -0.497 e. The highest BCUT2D eigenvalue weighted by molar-refractivity contribution is 6.26. The van der Waals surface area contributed by atoms with Gasteiger partial charge in [-0.3, -0.25) is 10.2 Å². The van der Waals surface area contributed by atoms with Crippen LogP contribution < -0.4 is 14.4 Å². The predicted octanol–water partition coefficient (Wildman–Crippen LogP) is 3.53. The SMILES string of the molecule is COCCC1(C)C(=O)C(c2nc3ccccc3[nH]2)C(=N)N1c1cc(OC)cc(OC)c1. The fraction of sp³-hybridized carbons (Fsp3) is 0.348. The highest BCUT2D eigenvalue weighted by Crippen LogP contribution is 2.43. The van der Waals surface area contributed by atoms with E-state index in [2.05, 4.69) is 9.97 Å². The fourth-order valence-electron chi connectivity index (χ4n) is 4.18. The van der Waals surface area contributed by atoms with Crippen molar-refractivity contribution < 1.29 is 19.0 Å². The number of carbonyl (C=O) groups excluding carboxylic acids is 1. The maximum absolute atomic E-state index is 13.8. The van der Waals surface area contributed by atoms with Gasteiger partial charge in [0, 0.05) is 38.3 Å². The number of benzene rings is 2. The number of H-pyrrole nitrogens is 1. The zero-order valence-corrected chi connectivity index (χ0v) is 18.1. The number of anilines is 1. The van der Waals surface area contributed by atoms with E-state index in [1.165, 1.54) is 0 Å². The number of carbonyl (C=O) groups is 1. The average Bonchev–Trinajstić information content (AvgIpc) is 3.28. The van der Waals surface area contributed by atoms with E-state index >= 15 is 0 Å². The molecular formula is C23H26N4O4. The summed E-state index contributed by atoms with van der Waals surface area (Å²) in [5.74, 6) is 0.865. The first-order chi connectivity index (χ1) is 14.9. The molecule has 1 aliphatic heterocycles. The van der Waals surface area contributed by atoms with Crippen LogP contribution in [0.2, 0.25) is 0 Å². The molecule has 1 aromatic heterocycles. The van der Waals surface area contributed by atoms with Gasteiger partial charge in [-0.2, -0.15) is 0 Å². The number of ketones is 1. The van der Waals surface area contributed by atoms with Gasteiger partial charge < -0.3 is 24.1 Å². The summed E-state index contributed by atoms with van der Waals surface area (Å²) in [5.41, 5.74) is 1.25. The van der Waals surface area contributed by atoms with Crippen LogP contribution in [0.4, 0.5) is 5.69 Å². The van der Waals surface area contributed by atoms with Crippen LogP contribution in [0.1, 0.15) is 25.1 Å². The molecule has 1 saturated heterocycles. The second kappa shape index (κ2) is 8.03. The lowest BCUT2D eigenvalue weighted by molar-refractivity contribution is -0.122. The van der Waals surface area contributed by atoms with E-state index < -0.39 is 11.5 Å². The van der Waals surface area contributed by atoms with Gasteiger partial charge >= 0.3 is 0 Å². The Morgan fingerprint density at radius 3 is 2.42 bits per heavy atom. The third-order valence-corrected chi connectivity index (χ3v) is 5.87. The predicted molar refractivity (Wildman–Crippen MR) is 118 cm³/mol. The number of Topliss-reactive ketones (excluding diaryl/α,β-unsaturated/α-hetero) is 1. The molecular weight excluding hydrogens is 396 g/mol. The van der Waals surface area contributed by atoms with E-state index in [4.69, 9.17) is 19.6 Å². The summed E-state index contributed by atoms with van der Waals surface area (Å²) in [4.78, 5) is 23.3. The lowest BCUT2D eigenvalue weighted by atomic mass is 9.88. The lowest BCUT2D eigenvalue weighted by Gasteiger charge is -2.35. The van der Waals surface area contributed by atoms with Crippen LogP contribution in [0.5, 0.6) is 11.5 Å². The number of methoxy groups -OCH3 is 3. The number of hydrogen-bond donors (Lipinski definition) is 2. The van der Waals surface area contributed by atoms with Gasteiger partial charge in [-0.15, -0.1) is 0 Å². The molecule has 162 valence electrons. The summed E-state index contributed by atoms with van der Waals surface area (Å²) in [5, 5.41) is 9.01. The average molecular weight is 422 g/mol. The molecule has 0 aliphatic carbocycles. The smallest absolute Gasteiger partial charge is 0.176 e. The van der Waals surface area contributed by atoms with Gasteiger partial charge in [0.05, 0.1) is 30.9 Å². The molecule has 2 heterocycles. The van der Waals surface area contributed by atoms with Gasteiger partial charge in [-0.1, -0.05) is 12.1 Å². The number of aromatic amines is 1. The summed E-state index contributed by atoms with van der Waals surface area (Å²) in [7, 11) is 4.74. The summed E-state index contributed by atoms with van der Waals surface area (Å²) in [6.07, 6.45) is 0.418. The van der Waals surface area contributed by atoms with Crippen LogP contribution in [0.15, 0.2) is 42.5 Å². The van der Waals surface area contributed by atoms with E-state index in [1.54, 1.807) is 44.4 Å². The monoisotopic (exact) mass is 422 g/mol. The Hall–Kier alpha value is -3.39. The van der Waals surface area contributed by atoms with Crippen molar-refractivity contribution in [1.82, 2.24) is 9.97 Å². The number of fused-ring (bicyclic) bond motifs is 1. The quantitative estimate of drug-likeness (QED) is 0.604. The van der Waals surface area contributed by atoms with Crippen LogP contribution in [0.25, 0.3) is 11.0 Å². The van der Waals surface area contributed by atoms with Gasteiger partial charge in [0.2, 0.25) is 0 Å². The third kappa shape index (κ3) is 3.42. The summed E-state index contributed by atoms with van der Waals surface area (Å²) < 4.78 is 16.1. The van der Waals surface area contributed by atoms with Crippen molar-refractivity contribution in [2.24, 2.45) is 0 Å². The van der Waals surface area contributed by atoms with Gasteiger partial charge in [-0.25, -0.2) is 4.98 Å². The van der Waals surface area contributed by atoms with Gasteiger partial charge in [0.15, 0.2) is 5.78 Å². The number of nitrogens with zero attached hydrogens (tertiary/aromatic N) is 2. The van der Waals surface area contributed by atoms with E-state index in [0.717, 1.165) is 11.0 Å². The number of amidine groups is 1. The van der Waals surface area contributed by atoms with Crippen molar-refractivity contribution in [1.29, 1.82) is 5.41 Å². The van der Waals surface area contributed by atoms with Gasteiger partial charge in [-0.05, 0) is 19.1 Å². The highest BCUT2D eigenvalue weighted by Gasteiger charge is 2.55. The number of para-hydroxylation sites is 2. The van der Waals surface area contributed by atoms with Crippen LogP contribution in [-0.4, -0.2) is 55.1 Å². The highest BCUT2D eigenvalue weighted by atomic mass is 16.5. The number of ether oxygens (including phenoxy) is 3. The van der Waals surface area contributed by atoms with Crippen LogP contribution in [-0.2, 0) is 9.53 Å². The number of imidazole rings is 1. The molecule has 0 bridgehead atoms. The van der Waals surface area contributed by atoms with E-state index in [9.17, 15) is 4.79 Å². The molecule has 31 heavy (non-hydrogen) atoms. The first-order valence-corrected chi connectivity index (χ1v) is 10.0. The molecule has 2 N–H and O–H groups in total. The first kappa shape index (κ1) is 20.9. The second-order valence-corrected chi connectivity index (χ2v) is 7.74. The standard InChI is InChI=1S/C23H26N4O4/c1-23(9-10-29-2)20(28)19(22-25-17-7-5-6-8-18(17)26-22)21(24)27(23)14-11-15(30-3)13-16(12-14)31-4/h5-8,11-13,19,24H,9-10H2,1-4H3,(H,25,26). The topological polar surface area (TPSA) is 101 Å². The van der Waals surface area contributed by atoms with E-state index in [-0.39, 0.29) is 11.6 Å². The Balaban J connectivity index is 1.84. The maximum Gasteiger partial charge on any atom is 0.176 e. The zero-order valence-electron chi connectivity index (χ0n) is 18.1. The van der Waals surface area contributed by atoms with E-state index in [1.807, 2.05) is 31.2 Å². The molecule has 4 rings (SSSR count). The molecule has 1 aliphatic rings. The molecule has 8 heteroatoms. The molecule has 1 fully saturated rings. The third-order valence-electron chi connectivity index (χ3n) is 5.87. The van der Waals surface area contributed by atoms with Crippen molar-refractivity contribution in [3.63, 3.8) is 0 Å². The summed E-state index contributed by atoms with van der Waals surface area (Å²) >= 11 is 0. The molecule has 8 nitrogen and oxygen atoms in total. The van der Waals surface area contributed by atoms with Gasteiger partial charge in [0.1, 0.15) is 34.6 Å². The van der Waals surface area contributed by atoms with Crippen molar-refractivity contribution in [3.8, 4) is 11.5 Å². The Kier molecular flexibility index (Phi) is 5.41. The first-order valence-electron chi connectivity index (χ1n) is 10.0. The number of hydrogen-bond acceptors (Lipinski definition) is 6.